The normalized spacial score (nSPS) is 11.3. The fourth-order valence-corrected chi connectivity index (χ4v) is 1.35. The van der Waals surface area contributed by atoms with Gasteiger partial charge in [-0.05, 0) is 18.2 Å². The molecule has 2 amide bonds. The number of amides is 2. The first-order valence-corrected chi connectivity index (χ1v) is 6.14. The molecule has 0 spiro atoms. The maximum atomic E-state index is 13.2. The summed E-state index contributed by atoms with van der Waals surface area (Å²) in [6.45, 7) is 0. The van der Waals surface area contributed by atoms with Crippen LogP contribution >= 0.6 is 34.8 Å². The third-order valence-corrected chi connectivity index (χ3v) is 2.72. The zero-order chi connectivity index (χ0) is 14.6. The van der Waals surface area contributed by atoms with Gasteiger partial charge in [-0.25, -0.2) is 4.79 Å². The summed E-state index contributed by atoms with van der Waals surface area (Å²) in [5.74, 6) is -0.305. The minimum absolute atomic E-state index is 0.123. The average molecular weight is 334 g/mol. The first kappa shape index (κ1) is 16.1. The Hall–Kier alpha value is -0.980. The molecule has 1 aromatic rings. The van der Waals surface area contributed by atoms with Gasteiger partial charge < -0.3 is 15.4 Å². The van der Waals surface area contributed by atoms with E-state index in [9.17, 15) is 13.6 Å². The third kappa shape index (κ3) is 4.56. The molecule has 1 aromatic carbocycles. The molecular weight excluding hydrogens is 324 g/mol. The summed E-state index contributed by atoms with van der Waals surface area (Å²) >= 11 is 15.9. The number of rotatable bonds is 4. The molecule has 106 valence electrons. The molecule has 0 fully saturated rings. The van der Waals surface area contributed by atoms with Crippen molar-refractivity contribution in [3.63, 3.8) is 0 Å². The Kier molecular flexibility index (Phi) is 5.46. The topological polar surface area (TPSA) is 50.4 Å². The Morgan fingerprint density at radius 2 is 2.05 bits per heavy atom. The van der Waals surface area contributed by atoms with Gasteiger partial charge in [0, 0.05) is 12.7 Å². The predicted molar refractivity (Wildman–Crippen MR) is 70.6 cm³/mol. The molecule has 0 saturated carbocycles. The molecule has 1 rings (SSSR count). The van der Waals surface area contributed by atoms with Gasteiger partial charge in [0.25, 0.3) is 0 Å². The van der Waals surface area contributed by atoms with Crippen LogP contribution in [0.15, 0.2) is 18.2 Å². The van der Waals surface area contributed by atoms with Crippen molar-refractivity contribution < 1.29 is 18.3 Å². The van der Waals surface area contributed by atoms with Crippen LogP contribution in [0.3, 0.4) is 0 Å². The highest BCUT2D eigenvalue weighted by Crippen LogP contribution is 2.35. The number of carbonyl (C=O) groups is 1. The highest BCUT2D eigenvalue weighted by Gasteiger charge is 2.40. The van der Waals surface area contributed by atoms with Crippen LogP contribution in [0.2, 0.25) is 5.02 Å². The van der Waals surface area contributed by atoms with E-state index >= 15 is 0 Å². The van der Waals surface area contributed by atoms with Crippen LogP contribution in [0.5, 0.6) is 5.75 Å². The lowest BCUT2D eigenvalue weighted by Crippen LogP contribution is -2.32. The molecule has 0 atom stereocenters. The highest BCUT2D eigenvalue weighted by atomic mass is 35.5. The lowest BCUT2D eigenvalue weighted by molar-refractivity contribution is -0.163. The van der Waals surface area contributed by atoms with E-state index in [2.05, 4.69) is 15.4 Å². The van der Waals surface area contributed by atoms with E-state index in [0.29, 0.717) is 5.69 Å². The molecule has 0 aliphatic heterocycles. The molecule has 2 N–H and O–H groups in total. The van der Waals surface area contributed by atoms with E-state index < -0.39 is 17.0 Å². The number of hydrogen-bond acceptors (Lipinski definition) is 2. The molecule has 0 aliphatic carbocycles. The molecule has 4 nitrogen and oxygen atoms in total. The number of anilines is 1. The number of nitrogens with one attached hydrogen (secondary N) is 2. The van der Waals surface area contributed by atoms with Crippen LogP contribution in [0.25, 0.3) is 0 Å². The van der Waals surface area contributed by atoms with Crippen LogP contribution < -0.4 is 15.4 Å². The lowest BCUT2D eigenvalue weighted by atomic mass is 10.3. The summed E-state index contributed by atoms with van der Waals surface area (Å²) < 4.78 is 30.6. The van der Waals surface area contributed by atoms with Crippen molar-refractivity contribution in [3.8, 4) is 5.75 Å². The molecule has 0 radical (unpaired) electrons. The molecule has 0 bridgehead atoms. The van der Waals surface area contributed by atoms with E-state index in [-0.39, 0.29) is 10.8 Å². The molecule has 0 saturated heterocycles. The Morgan fingerprint density at radius 1 is 1.42 bits per heavy atom. The molecular formula is C10H9Cl3F2N2O2. The smallest absolute Gasteiger partial charge is 0.428 e. The van der Waals surface area contributed by atoms with Gasteiger partial charge >= 0.3 is 12.1 Å². The molecule has 9 heteroatoms. The van der Waals surface area contributed by atoms with E-state index in [1.54, 1.807) is 0 Å². The van der Waals surface area contributed by atoms with Gasteiger partial charge in [0.1, 0.15) is 5.75 Å². The number of urea groups is 1. The second kappa shape index (κ2) is 6.45. The zero-order valence-corrected chi connectivity index (χ0v) is 11.8. The van der Waals surface area contributed by atoms with E-state index in [1.807, 2.05) is 0 Å². The van der Waals surface area contributed by atoms with Crippen LogP contribution in [0.1, 0.15) is 0 Å². The lowest BCUT2D eigenvalue weighted by Gasteiger charge is -2.19. The van der Waals surface area contributed by atoms with Gasteiger partial charge in [-0.2, -0.15) is 8.78 Å². The number of alkyl halides is 4. The fraction of sp³-hybridized carbons (Fsp3) is 0.300. The van der Waals surface area contributed by atoms with Crippen molar-refractivity contribution in [2.45, 2.75) is 10.9 Å². The van der Waals surface area contributed by atoms with Gasteiger partial charge in [-0.1, -0.05) is 34.8 Å². The molecule has 19 heavy (non-hydrogen) atoms. The first-order valence-electron chi connectivity index (χ1n) is 4.89. The summed E-state index contributed by atoms with van der Waals surface area (Å²) in [7, 11) is 1.43. The summed E-state index contributed by atoms with van der Waals surface area (Å²) in [5.41, 5.74) is 0.313. The van der Waals surface area contributed by atoms with Crippen molar-refractivity contribution in [2.75, 3.05) is 12.4 Å². The maximum Gasteiger partial charge on any atom is 0.428 e. The zero-order valence-electron chi connectivity index (χ0n) is 9.52. The van der Waals surface area contributed by atoms with Crippen molar-refractivity contribution in [1.82, 2.24) is 5.32 Å². The van der Waals surface area contributed by atoms with E-state index in [0.717, 1.165) is 6.07 Å². The van der Waals surface area contributed by atoms with Crippen LogP contribution in [-0.4, -0.2) is 24.0 Å². The van der Waals surface area contributed by atoms with E-state index in [1.165, 1.54) is 19.2 Å². The average Bonchev–Trinajstić information content (AvgIpc) is 2.32. The highest BCUT2D eigenvalue weighted by molar-refractivity contribution is 6.44. The Morgan fingerprint density at radius 3 is 2.53 bits per heavy atom. The van der Waals surface area contributed by atoms with E-state index in [4.69, 9.17) is 34.8 Å². The fourth-order valence-electron chi connectivity index (χ4n) is 1.05. The van der Waals surface area contributed by atoms with Crippen molar-refractivity contribution in [2.24, 2.45) is 0 Å². The van der Waals surface area contributed by atoms with Crippen molar-refractivity contribution >= 4 is 46.5 Å². The first-order chi connectivity index (χ1) is 8.76. The van der Waals surface area contributed by atoms with Gasteiger partial charge in [-0.3, -0.25) is 0 Å². The summed E-state index contributed by atoms with van der Waals surface area (Å²) in [6.07, 6.45) is -3.78. The SMILES string of the molecule is CNC(=O)Nc1ccc(OC(F)(F)C(Cl)Cl)c(Cl)c1. The molecule has 0 aliphatic rings. The van der Waals surface area contributed by atoms with Crippen molar-refractivity contribution in [1.29, 1.82) is 0 Å². The molecule has 0 unspecified atom stereocenters. The van der Waals surface area contributed by atoms with Gasteiger partial charge in [0.05, 0.1) is 5.02 Å². The largest absolute Gasteiger partial charge is 0.429 e. The molecule has 0 aromatic heterocycles. The van der Waals surface area contributed by atoms with Crippen molar-refractivity contribution in [3.05, 3.63) is 23.2 Å². The quantitative estimate of drug-likeness (QED) is 0.822. The Bertz CT molecular complexity index is 472. The second-order valence-electron chi connectivity index (χ2n) is 3.31. The van der Waals surface area contributed by atoms with Gasteiger partial charge in [0.15, 0.2) is 0 Å². The standard InChI is InChI=1S/C10H9Cl3F2N2O2/c1-16-9(18)17-5-2-3-7(6(11)4-5)19-10(14,15)8(12)13/h2-4,8H,1H3,(H2,16,17,18). The molecule has 0 heterocycles. The summed E-state index contributed by atoms with van der Waals surface area (Å²) in [5, 5.41) is 4.61. The minimum Gasteiger partial charge on any atom is -0.429 e. The minimum atomic E-state index is -3.78. The van der Waals surface area contributed by atoms with Crippen LogP contribution in [0, 0.1) is 0 Å². The van der Waals surface area contributed by atoms with Gasteiger partial charge in [-0.15, -0.1) is 0 Å². The number of benzene rings is 1. The number of hydrogen-bond donors (Lipinski definition) is 2. The Balaban J connectivity index is 2.86. The summed E-state index contributed by atoms with van der Waals surface area (Å²) in [6, 6.07) is 3.28. The van der Waals surface area contributed by atoms with Crippen LogP contribution in [-0.2, 0) is 0 Å². The number of halogens is 5. The second-order valence-corrected chi connectivity index (χ2v) is 4.82. The number of ether oxygens (including phenoxy) is 1. The predicted octanol–water partition coefficient (Wildman–Crippen LogP) is 3.87. The third-order valence-electron chi connectivity index (χ3n) is 1.92. The van der Waals surface area contributed by atoms with Gasteiger partial charge in [0.2, 0.25) is 4.84 Å². The maximum absolute atomic E-state index is 13.2. The summed E-state index contributed by atoms with van der Waals surface area (Å²) in [4.78, 5) is 9.01. The monoisotopic (exact) mass is 332 g/mol. The number of carbonyl (C=O) groups excluding carboxylic acids is 1. The van der Waals surface area contributed by atoms with Crippen LogP contribution in [0.4, 0.5) is 19.3 Å². The Labute approximate surface area is 123 Å².